The van der Waals surface area contributed by atoms with Crippen molar-refractivity contribution in [3.8, 4) is 12.5 Å². The zero-order valence-corrected chi connectivity index (χ0v) is 50.8. The topological polar surface area (TPSA) is 297 Å². The van der Waals surface area contributed by atoms with Crippen molar-refractivity contribution < 1.29 is 165 Å². The van der Waals surface area contributed by atoms with Gasteiger partial charge in [0, 0.05) is 13.1 Å². The van der Waals surface area contributed by atoms with Crippen molar-refractivity contribution in [2.75, 3.05) is 73.6 Å². The third-order valence-corrected chi connectivity index (χ3v) is 12.1. The number of amides is 2. The van der Waals surface area contributed by atoms with Crippen molar-refractivity contribution in [2.24, 2.45) is 42.5 Å². The van der Waals surface area contributed by atoms with Gasteiger partial charge in [-0.1, -0.05) is 62.3 Å². The number of isocyanates is 2. The summed E-state index contributed by atoms with van der Waals surface area (Å²) in [6.07, 6.45) is -22.1. The Morgan fingerprint density at radius 2 is 0.891 bits per heavy atom. The lowest BCUT2D eigenvalue weighted by Crippen LogP contribution is -2.48. The van der Waals surface area contributed by atoms with E-state index in [0.717, 1.165) is 44.9 Å². The number of alkyl carbamates (subject to hydrolysis) is 2. The first kappa shape index (κ1) is 92.6. The molecule has 0 radical (unpaired) electrons. The van der Waals surface area contributed by atoms with E-state index >= 15 is 0 Å². The lowest BCUT2D eigenvalue weighted by molar-refractivity contribution is -0.548. The Hall–Kier alpha value is -5.84. The van der Waals surface area contributed by atoms with Crippen LogP contribution in [0.25, 0.3) is 0 Å². The number of aliphatic hydroxyl groups excluding tert-OH is 2. The second-order valence-corrected chi connectivity index (χ2v) is 23.1. The Kier molecular flexibility index (Phi) is 42.7. The monoisotopic (exact) mass is 1390 g/mol. The molecule has 0 bridgehead atoms. The second-order valence-electron chi connectivity index (χ2n) is 23.1. The molecule has 0 aromatic carbocycles. The van der Waals surface area contributed by atoms with Crippen molar-refractivity contribution in [3.05, 3.63) is 0 Å². The number of carbonyl (C=O) groups excluding carboxylic acids is 4. The molecule has 3 aliphatic rings. The van der Waals surface area contributed by atoms with Gasteiger partial charge in [-0.3, -0.25) is 9.47 Å². The Morgan fingerprint density at radius 3 is 1.22 bits per heavy atom. The van der Waals surface area contributed by atoms with Gasteiger partial charge in [0.25, 0.3) is 12.5 Å². The van der Waals surface area contributed by atoms with Crippen LogP contribution in [0.3, 0.4) is 0 Å². The molecule has 3 aliphatic carbocycles. The lowest BCUT2D eigenvalue weighted by Gasteiger charge is -2.45. The lowest BCUT2D eigenvalue weighted by atomic mass is 9.63. The van der Waals surface area contributed by atoms with E-state index in [4.69, 9.17) is 30.2 Å². The molecule has 3 fully saturated rings. The Bertz CT molecular complexity index is 2240. The van der Waals surface area contributed by atoms with Crippen LogP contribution in [0.1, 0.15) is 120 Å². The molecule has 3 saturated carbocycles. The van der Waals surface area contributed by atoms with Gasteiger partial charge in [0.15, 0.2) is 20.6 Å². The molecule has 540 valence electrons. The van der Waals surface area contributed by atoms with E-state index in [1.807, 2.05) is 6.92 Å². The molecule has 0 saturated heterocycles. The van der Waals surface area contributed by atoms with Crippen LogP contribution < -0.4 is 10.6 Å². The van der Waals surface area contributed by atoms with Crippen LogP contribution >= 0.6 is 0 Å². The minimum atomic E-state index is -6.04. The van der Waals surface area contributed by atoms with E-state index in [2.05, 4.69) is 104 Å². The van der Waals surface area contributed by atoms with Gasteiger partial charge in [0.2, 0.25) is 19.0 Å². The summed E-state index contributed by atoms with van der Waals surface area (Å²) in [6.45, 7) is 11.4. The molecule has 4 N–H and O–H groups in total. The molecular formula is C50H74F20N6O16. The van der Waals surface area contributed by atoms with Crippen molar-refractivity contribution in [2.45, 2.75) is 175 Å². The number of ether oxygens (including phenoxy) is 8. The summed E-state index contributed by atoms with van der Waals surface area (Å²) in [7, 11) is 0. The highest BCUT2D eigenvalue weighted by atomic mass is 19.4. The Labute approximate surface area is 514 Å². The highest BCUT2D eigenvalue weighted by molar-refractivity contribution is 5.67. The molecule has 0 aromatic heterocycles. The highest BCUT2D eigenvalue weighted by Crippen LogP contribution is 2.50. The molecule has 6 atom stereocenters. The molecule has 3 rings (SSSR count). The standard InChI is InChI=1S/C14H23FN2O3.C13H21FN2O3.C12H18N2O2.2C4H2F8O3.C2H5FO.CH3FO/c1-13(2)6-11(20-10-16)7-14(3,8-13)9-17-12(18)19-5-4-15;1-12(2)4-10(16-9-17)5-13(3,6-12)7-15-11(18)19-8-14;1-11(2)4-10(16-8-13)5-12(3,6-11)7-14-9-15;2*5-1-13-4(10,11)14-2(6,7)3(8,9)15-12;3-1-2-4;2-1-3/h11H,4-9H2,1-3H3,(H,17,18);10H,4-8H2,1-3H3,(H,15,18);10H,4-7H2,1-3H3;2*1H2;4H,1-2H2;3H,1H2. The largest absolute Gasteiger partial charge is 0.492 e. The number of nitrogens with one attached hydrogen (secondary N) is 2. The molecule has 0 aliphatic heterocycles. The molecule has 0 spiro atoms. The predicted octanol–water partition coefficient (Wildman–Crippen LogP) is 12.8. The summed E-state index contributed by atoms with van der Waals surface area (Å²) < 4.78 is 259. The number of aliphatic imine (C=N–C) groups is 2. The van der Waals surface area contributed by atoms with E-state index in [0.29, 0.717) is 32.5 Å². The summed E-state index contributed by atoms with van der Waals surface area (Å²) in [5.74, 6) is 0. The van der Waals surface area contributed by atoms with Crippen LogP contribution in [-0.4, -0.2) is 163 Å². The smallest absolute Gasteiger partial charge is 0.447 e. The fraction of sp³-hybridized carbons (Fsp3) is 0.880. The van der Waals surface area contributed by atoms with Crippen LogP contribution in [0.5, 0.6) is 0 Å². The first-order valence-corrected chi connectivity index (χ1v) is 26.1. The number of hydrogen-bond acceptors (Lipinski definition) is 20. The summed E-state index contributed by atoms with van der Waals surface area (Å²) in [5.41, 5.74) is -0.240. The molecular weight excluding hydrogens is 1320 g/mol. The van der Waals surface area contributed by atoms with Crippen LogP contribution in [0.2, 0.25) is 0 Å². The zero-order valence-electron chi connectivity index (χ0n) is 50.8. The molecule has 92 heavy (non-hydrogen) atoms. The maximum absolute atomic E-state index is 12.0. The number of carbonyl (C=O) groups is 2. The van der Waals surface area contributed by atoms with Gasteiger partial charge in [0.05, 0.1) is 19.2 Å². The van der Waals surface area contributed by atoms with E-state index < -0.39 is 90.0 Å². The zero-order chi connectivity index (χ0) is 72.8. The average Bonchev–Trinajstić information content (AvgIpc) is 0.890. The Morgan fingerprint density at radius 1 is 0.533 bits per heavy atom. The maximum Gasteiger partial charge on any atom is 0.492 e. The fourth-order valence-corrected chi connectivity index (χ4v) is 10.3. The third kappa shape index (κ3) is 40.3. The van der Waals surface area contributed by atoms with E-state index in [1.54, 1.807) is 24.7 Å². The highest BCUT2D eigenvalue weighted by Gasteiger charge is 2.67. The quantitative estimate of drug-likeness (QED) is 0.0217. The number of nitrogens with zero attached hydrogens (tertiary/aromatic N) is 4. The molecule has 2 amide bonds. The number of hydrogen-bond donors (Lipinski definition) is 4. The minimum Gasteiger partial charge on any atom is -0.447 e. The molecule has 6 unspecified atom stereocenters. The van der Waals surface area contributed by atoms with Crippen LogP contribution in [0, 0.1) is 55.5 Å². The average molecular weight is 1400 g/mol. The van der Waals surface area contributed by atoms with Gasteiger partial charge in [-0.05, 0) is 99.3 Å². The van der Waals surface area contributed by atoms with Gasteiger partial charge in [-0.15, -0.1) is 27.4 Å². The molecule has 0 aromatic rings. The minimum absolute atomic E-state index is 0.0314. The van der Waals surface area contributed by atoms with Crippen molar-refractivity contribution >= 4 is 24.3 Å². The predicted molar refractivity (Wildman–Crippen MR) is 270 cm³/mol. The first-order chi connectivity index (χ1) is 42.0. The van der Waals surface area contributed by atoms with E-state index in [1.165, 1.54) is 9.88 Å². The number of aliphatic hydroxyl groups is 2. The summed E-state index contributed by atoms with van der Waals surface area (Å²) >= 11 is 0. The summed E-state index contributed by atoms with van der Waals surface area (Å²) in [4.78, 5) is 53.5. The second kappa shape index (κ2) is 42.5. The summed E-state index contributed by atoms with van der Waals surface area (Å²) in [6, 6.07) is -0.0785. The Balaban J connectivity index is -0.000000514. The van der Waals surface area contributed by atoms with Crippen molar-refractivity contribution in [3.63, 3.8) is 0 Å². The van der Waals surface area contributed by atoms with Crippen molar-refractivity contribution in [1.82, 2.24) is 10.6 Å². The van der Waals surface area contributed by atoms with Gasteiger partial charge in [-0.2, -0.15) is 45.6 Å². The number of alkyl halides is 18. The van der Waals surface area contributed by atoms with Crippen LogP contribution in [0.15, 0.2) is 9.98 Å². The summed E-state index contributed by atoms with van der Waals surface area (Å²) in [5, 5.41) is 36.9. The van der Waals surface area contributed by atoms with Gasteiger partial charge >= 0.3 is 49.2 Å². The molecule has 0 heterocycles. The number of halogens is 20. The normalized spacial score (nSPS) is 23.0. The van der Waals surface area contributed by atoms with Crippen molar-refractivity contribution in [1.29, 1.82) is 10.5 Å². The van der Waals surface area contributed by atoms with Gasteiger partial charge in [-0.25, -0.2) is 65.0 Å². The van der Waals surface area contributed by atoms with Gasteiger partial charge in [0.1, 0.15) is 32.2 Å². The van der Waals surface area contributed by atoms with Gasteiger partial charge < -0.3 is 39.8 Å². The number of nitriles is 2. The first-order valence-electron chi connectivity index (χ1n) is 26.1. The van der Waals surface area contributed by atoms with Crippen LogP contribution in [-0.2, 0) is 57.4 Å². The van der Waals surface area contributed by atoms with E-state index in [9.17, 15) is 107 Å². The maximum atomic E-state index is 12.0. The molecule has 22 nitrogen and oxygen atoms in total. The van der Waals surface area contributed by atoms with Crippen LogP contribution in [0.4, 0.5) is 97.7 Å². The molecule has 42 heteroatoms. The SMILES string of the molecule is CC1(C)CC(N=C=O)CC(C)(CNC(=O)OCF)C1.CC1(C)CC(OC#N)CC(C)(CN=C=O)C1.CC1(C)CC(OC#N)CC(C)(CNC(=O)OCCF)C1.FCOC(F)(F)OC(F)(F)C(F)(F)OF.FCOC(F)(F)OC(F)(F)C(F)(F)OF.OCCF.OCF. The number of rotatable bonds is 25. The van der Waals surface area contributed by atoms with E-state index in [-0.39, 0.29) is 64.0 Å². The third-order valence-electron chi connectivity index (χ3n) is 12.1. The fourth-order valence-electron chi connectivity index (χ4n) is 10.3.